The normalized spacial score (nSPS) is 15.3. The van der Waals surface area contributed by atoms with E-state index < -0.39 is 17.4 Å². The summed E-state index contributed by atoms with van der Waals surface area (Å²) in [5.74, 6) is 6.62. The molecular weight excluding hydrogens is 428 g/mol. The first-order chi connectivity index (χ1) is 15.5. The molecule has 7 nitrogen and oxygen atoms in total. The molecule has 0 bridgehead atoms. The lowest BCUT2D eigenvalue weighted by molar-refractivity contribution is -0.0752. The Labute approximate surface area is 189 Å². The standard InChI is InChI=1S/C24H26N2O5S/c1-4-7-20-15(2)21-22(27)25-24(28)26(23(21)32-20)14-19(31-16-10-12-30-13-11-16)17-8-5-6-9-18(17)29-3/h5-6,8-9,16,19H,10-14H2,1-3H3,(H,25,27,28)/t19-/m0/s1. The Morgan fingerprint density at radius 1 is 1.28 bits per heavy atom. The van der Waals surface area contributed by atoms with Crippen molar-refractivity contribution >= 4 is 21.6 Å². The molecule has 0 saturated carbocycles. The third kappa shape index (κ3) is 4.37. The maximum Gasteiger partial charge on any atom is 0.329 e. The zero-order valence-corrected chi connectivity index (χ0v) is 19.2. The van der Waals surface area contributed by atoms with Crippen molar-refractivity contribution in [1.29, 1.82) is 0 Å². The van der Waals surface area contributed by atoms with Gasteiger partial charge in [0.1, 0.15) is 16.7 Å². The number of aromatic amines is 1. The van der Waals surface area contributed by atoms with Crippen LogP contribution in [0.3, 0.4) is 0 Å². The summed E-state index contributed by atoms with van der Waals surface area (Å²) in [6, 6.07) is 7.65. The summed E-state index contributed by atoms with van der Waals surface area (Å²) in [6.07, 6.45) is 1.15. The van der Waals surface area contributed by atoms with Crippen LogP contribution in [0.1, 0.15) is 41.9 Å². The number of ether oxygens (including phenoxy) is 3. The molecule has 3 aromatic rings. The molecule has 2 aromatic heterocycles. The number of hydrogen-bond acceptors (Lipinski definition) is 6. The topological polar surface area (TPSA) is 82.6 Å². The molecule has 1 fully saturated rings. The molecule has 1 atom stereocenters. The molecule has 1 saturated heterocycles. The number of nitrogens with one attached hydrogen (secondary N) is 1. The molecular formula is C24H26N2O5S. The highest BCUT2D eigenvalue weighted by Crippen LogP contribution is 2.33. The van der Waals surface area contributed by atoms with Crippen molar-refractivity contribution in [3.63, 3.8) is 0 Å². The molecule has 0 unspecified atom stereocenters. The third-order valence-corrected chi connectivity index (χ3v) is 6.89. The van der Waals surface area contributed by atoms with E-state index in [4.69, 9.17) is 14.2 Å². The maximum absolute atomic E-state index is 12.9. The van der Waals surface area contributed by atoms with E-state index >= 15 is 0 Å². The van der Waals surface area contributed by atoms with Crippen molar-refractivity contribution in [3.8, 4) is 17.6 Å². The van der Waals surface area contributed by atoms with Crippen LogP contribution in [0.2, 0.25) is 0 Å². The van der Waals surface area contributed by atoms with Gasteiger partial charge in [-0.05, 0) is 38.3 Å². The second kappa shape index (κ2) is 9.74. The Hall–Kier alpha value is -2.86. The highest BCUT2D eigenvalue weighted by atomic mass is 32.1. The summed E-state index contributed by atoms with van der Waals surface area (Å²) in [5, 5.41) is 0.497. The fourth-order valence-corrected chi connectivity index (χ4v) is 5.25. The molecule has 0 amide bonds. The Morgan fingerprint density at radius 2 is 2.03 bits per heavy atom. The van der Waals surface area contributed by atoms with Crippen LogP contribution >= 0.6 is 11.3 Å². The van der Waals surface area contributed by atoms with E-state index in [0.717, 1.165) is 28.8 Å². The number of benzene rings is 1. The molecule has 0 radical (unpaired) electrons. The molecule has 168 valence electrons. The van der Waals surface area contributed by atoms with Crippen LogP contribution in [-0.4, -0.2) is 36.0 Å². The molecule has 1 aromatic carbocycles. The third-order valence-electron chi connectivity index (χ3n) is 5.66. The fraction of sp³-hybridized carbons (Fsp3) is 0.417. The average molecular weight is 455 g/mol. The summed E-state index contributed by atoms with van der Waals surface area (Å²) in [7, 11) is 1.62. The summed E-state index contributed by atoms with van der Waals surface area (Å²) >= 11 is 1.36. The minimum absolute atomic E-state index is 0.0132. The van der Waals surface area contributed by atoms with Gasteiger partial charge in [-0.1, -0.05) is 24.1 Å². The van der Waals surface area contributed by atoms with Gasteiger partial charge in [0.25, 0.3) is 5.56 Å². The van der Waals surface area contributed by atoms with Gasteiger partial charge < -0.3 is 14.2 Å². The Morgan fingerprint density at radius 3 is 2.75 bits per heavy atom. The largest absolute Gasteiger partial charge is 0.496 e. The van der Waals surface area contributed by atoms with E-state index in [1.54, 1.807) is 18.6 Å². The number of rotatable bonds is 6. The van der Waals surface area contributed by atoms with Gasteiger partial charge in [0.05, 0.1) is 30.0 Å². The molecule has 4 rings (SSSR count). The van der Waals surface area contributed by atoms with Gasteiger partial charge in [-0.25, -0.2) is 4.79 Å². The van der Waals surface area contributed by atoms with Crippen LogP contribution in [0.15, 0.2) is 33.9 Å². The number of aryl methyl sites for hydroxylation is 1. The predicted molar refractivity (Wildman–Crippen MR) is 125 cm³/mol. The molecule has 1 aliphatic rings. The van der Waals surface area contributed by atoms with Crippen molar-refractivity contribution < 1.29 is 14.2 Å². The van der Waals surface area contributed by atoms with Crippen LogP contribution in [0.4, 0.5) is 0 Å². The van der Waals surface area contributed by atoms with Gasteiger partial charge in [0.15, 0.2) is 0 Å². The summed E-state index contributed by atoms with van der Waals surface area (Å²) in [6.45, 7) is 5.15. The number of H-pyrrole nitrogens is 1. The summed E-state index contributed by atoms with van der Waals surface area (Å²) < 4.78 is 19.1. The Bertz CT molecular complexity index is 1290. The number of nitrogens with zero attached hydrogens (tertiary/aromatic N) is 1. The van der Waals surface area contributed by atoms with E-state index in [0.29, 0.717) is 29.2 Å². The van der Waals surface area contributed by atoms with Crippen molar-refractivity contribution in [2.24, 2.45) is 0 Å². The van der Waals surface area contributed by atoms with Gasteiger partial charge in [0.2, 0.25) is 0 Å². The highest BCUT2D eigenvalue weighted by molar-refractivity contribution is 7.19. The number of thiophene rings is 1. The van der Waals surface area contributed by atoms with E-state index in [9.17, 15) is 9.59 Å². The number of methoxy groups -OCH3 is 1. The summed E-state index contributed by atoms with van der Waals surface area (Å²) in [5.41, 5.74) is 0.789. The lowest BCUT2D eigenvalue weighted by Crippen LogP contribution is -2.33. The zero-order chi connectivity index (χ0) is 22.7. The zero-order valence-electron chi connectivity index (χ0n) is 18.4. The van der Waals surface area contributed by atoms with Gasteiger partial charge >= 0.3 is 5.69 Å². The lowest BCUT2D eigenvalue weighted by Gasteiger charge is -2.29. The monoisotopic (exact) mass is 454 g/mol. The SMILES string of the molecule is CC#Cc1sc2c(c1C)c(=O)[nH]c(=O)n2C[C@H](OC1CCOCC1)c1ccccc1OC. The molecule has 1 N–H and O–H groups in total. The molecule has 0 aliphatic carbocycles. The van der Waals surface area contributed by atoms with Crippen LogP contribution in [0.5, 0.6) is 5.75 Å². The second-order valence-corrected chi connectivity index (χ2v) is 8.66. The van der Waals surface area contributed by atoms with Crippen LogP contribution in [-0.2, 0) is 16.0 Å². The molecule has 0 spiro atoms. The fourth-order valence-electron chi connectivity index (χ4n) is 4.03. The maximum atomic E-state index is 12.9. The predicted octanol–water partition coefficient (Wildman–Crippen LogP) is 3.38. The molecule has 1 aliphatic heterocycles. The van der Waals surface area contributed by atoms with E-state index in [1.165, 1.54) is 11.3 Å². The number of para-hydroxylation sites is 1. The lowest BCUT2D eigenvalue weighted by atomic mass is 10.1. The minimum atomic E-state index is -0.463. The first-order valence-electron chi connectivity index (χ1n) is 10.6. The quantitative estimate of drug-likeness (QED) is 0.578. The van der Waals surface area contributed by atoms with E-state index in [2.05, 4.69) is 16.8 Å². The number of fused-ring (bicyclic) bond motifs is 1. The van der Waals surface area contributed by atoms with Crippen LogP contribution in [0.25, 0.3) is 10.2 Å². The average Bonchev–Trinajstić information content (AvgIpc) is 3.13. The van der Waals surface area contributed by atoms with E-state index in [1.807, 2.05) is 31.2 Å². The van der Waals surface area contributed by atoms with Crippen molar-refractivity contribution in [2.75, 3.05) is 20.3 Å². The van der Waals surface area contributed by atoms with Gasteiger partial charge in [-0.2, -0.15) is 0 Å². The second-order valence-electron chi connectivity index (χ2n) is 7.66. The smallest absolute Gasteiger partial charge is 0.329 e. The molecule has 32 heavy (non-hydrogen) atoms. The molecule has 3 heterocycles. The van der Waals surface area contributed by atoms with Gasteiger partial charge in [0, 0.05) is 18.8 Å². The first kappa shape index (κ1) is 22.3. The Balaban J connectivity index is 1.82. The molecule has 8 heteroatoms. The van der Waals surface area contributed by atoms with E-state index in [-0.39, 0.29) is 12.6 Å². The van der Waals surface area contributed by atoms with Gasteiger partial charge in [-0.15, -0.1) is 17.3 Å². The van der Waals surface area contributed by atoms with Crippen molar-refractivity contribution in [2.45, 2.75) is 45.4 Å². The number of aromatic nitrogens is 2. The van der Waals surface area contributed by atoms with Crippen molar-refractivity contribution in [1.82, 2.24) is 9.55 Å². The highest BCUT2D eigenvalue weighted by Gasteiger charge is 2.26. The van der Waals surface area contributed by atoms with Crippen molar-refractivity contribution in [3.05, 3.63) is 61.1 Å². The van der Waals surface area contributed by atoms with Crippen LogP contribution < -0.4 is 16.0 Å². The number of hydrogen-bond donors (Lipinski definition) is 1. The van der Waals surface area contributed by atoms with Gasteiger partial charge in [-0.3, -0.25) is 14.3 Å². The summed E-state index contributed by atoms with van der Waals surface area (Å²) in [4.78, 5) is 29.4. The Kier molecular flexibility index (Phi) is 6.80. The van der Waals surface area contributed by atoms with Crippen LogP contribution in [0, 0.1) is 18.8 Å². The minimum Gasteiger partial charge on any atom is -0.496 e. The first-order valence-corrected chi connectivity index (χ1v) is 11.4.